The molecule has 0 aromatic heterocycles. The summed E-state index contributed by atoms with van der Waals surface area (Å²) in [5.41, 5.74) is 2.44. The molecule has 0 radical (unpaired) electrons. The van der Waals surface area contributed by atoms with Crippen molar-refractivity contribution in [3.63, 3.8) is 0 Å². The third kappa shape index (κ3) is 3.60. The van der Waals surface area contributed by atoms with Gasteiger partial charge < -0.3 is 10.2 Å². The second-order valence-corrected chi connectivity index (χ2v) is 5.89. The molecule has 1 saturated heterocycles. The fourth-order valence-corrected chi connectivity index (χ4v) is 2.74. The van der Waals surface area contributed by atoms with Crippen molar-refractivity contribution in [1.82, 2.24) is 10.2 Å². The molecule has 1 heterocycles. The summed E-state index contributed by atoms with van der Waals surface area (Å²) >= 11 is 0. The number of hydrogen-bond donors (Lipinski definition) is 1. The first-order chi connectivity index (χ1) is 9.59. The van der Waals surface area contributed by atoms with Crippen molar-refractivity contribution in [2.45, 2.75) is 51.6 Å². The Kier molecular flexibility index (Phi) is 5.18. The number of aryl methyl sites for hydroxylation is 1. The number of likely N-dealkylation sites (N-methyl/N-ethyl adjacent to an activating group) is 1. The summed E-state index contributed by atoms with van der Waals surface area (Å²) in [6.45, 7) is 5.14. The second kappa shape index (κ2) is 6.89. The van der Waals surface area contributed by atoms with Crippen molar-refractivity contribution in [3.8, 4) is 0 Å². The van der Waals surface area contributed by atoms with Gasteiger partial charge in [-0.3, -0.25) is 4.79 Å². The van der Waals surface area contributed by atoms with E-state index in [4.69, 9.17) is 0 Å². The van der Waals surface area contributed by atoms with Gasteiger partial charge in [-0.05, 0) is 38.8 Å². The summed E-state index contributed by atoms with van der Waals surface area (Å²) in [4.78, 5) is 14.5. The molecule has 1 aliphatic heterocycles. The molecular weight excluding hydrogens is 248 g/mol. The molecule has 1 aliphatic rings. The van der Waals surface area contributed by atoms with Crippen LogP contribution in [0, 0.1) is 6.92 Å². The van der Waals surface area contributed by atoms with Crippen molar-refractivity contribution in [3.05, 3.63) is 35.4 Å². The maximum Gasteiger partial charge on any atom is 0.239 e. The van der Waals surface area contributed by atoms with Crippen molar-refractivity contribution in [2.75, 3.05) is 13.6 Å². The summed E-state index contributed by atoms with van der Waals surface area (Å²) in [7, 11) is 1.92. The molecule has 1 aromatic rings. The van der Waals surface area contributed by atoms with Crippen LogP contribution in [0.25, 0.3) is 0 Å². The zero-order valence-electron chi connectivity index (χ0n) is 12.9. The lowest BCUT2D eigenvalue weighted by Gasteiger charge is -2.29. The molecule has 1 N–H and O–H groups in total. The number of nitrogens with zero attached hydrogens (tertiary/aromatic N) is 1. The molecular formula is C17H26N2O. The monoisotopic (exact) mass is 274 g/mol. The largest absolute Gasteiger partial charge is 0.338 e. The van der Waals surface area contributed by atoms with Crippen LogP contribution in [0.15, 0.2) is 24.3 Å². The summed E-state index contributed by atoms with van der Waals surface area (Å²) in [5, 5.41) is 3.39. The van der Waals surface area contributed by atoms with Crippen molar-refractivity contribution < 1.29 is 4.79 Å². The third-order valence-electron chi connectivity index (χ3n) is 4.35. The Balaban J connectivity index is 2.03. The highest BCUT2D eigenvalue weighted by atomic mass is 16.2. The van der Waals surface area contributed by atoms with Crippen LogP contribution < -0.4 is 5.32 Å². The van der Waals surface area contributed by atoms with Gasteiger partial charge in [0.05, 0.1) is 12.1 Å². The molecule has 0 bridgehead atoms. The average Bonchev–Trinajstić information content (AvgIpc) is 2.75. The number of amides is 1. The SMILES string of the molecule is Cc1ccc(C(C)N(C)C(=O)C2CCCCCN2)cc1. The Bertz CT molecular complexity index is 433. The molecule has 2 atom stereocenters. The number of benzene rings is 1. The molecule has 0 spiro atoms. The highest BCUT2D eigenvalue weighted by Gasteiger charge is 2.25. The van der Waals surface area contributed by atoms with Crippen LogP contribution in [0.5, 0.6) is 0 Å². The Labute approximate surface area is 122 Å². The van der Waals surface area contributed by atoms with Gasteiger partial charge in [-0.2, -0.15) is 0 Å². The summed E-state index contributed by atoms with van der Waals surface area (Å²) in [6, 6.07) is 8.56. The number of rotatable bonds is 3. The van der Waals surface area contributed by atoms with Crippen molar-refractivity contribution in [2.24, 2.45) is 0 Å². The van der Waals surface area contributed by atoms with Crippen LogP contribution in [0.3, 0.4) is 0 Å². The number of hydrogen-bond acceptors (Lipinski definition) is 2. The molecule has 3 nitrogen and oxygen atoms in total. The fraction of sp³-hybridized carbons (Fsp3) is 0.588. The van der Waals surface area contributed by atoms with Gasteiger partial charge in [-0.25, -0.2) is 0 Å². The topological polar surface area (TPSA) is 32.3 Å². The molecule has 3 heteroatoms. The number of nitrogens with one attached hydrogen (secondary N) is 1. The van der Waals surface area contributed by atoms with Gasteiger partial charge in [-0.1, -0.05) is 42.7 Å². The fourth-order valence-electron chi connectivity index (χ4n) is 2.74. The van der Waals surface area contributed by atoms with Gasteiger partial charge >= 0.3 is 0 Å². The molecule has 2 unspecified atom stereocenters. The van der Waals surface area contributed by atoms with Crippen LogP contribution in [0.1, 0.15) is 49.8 Å². The maximum absolute atomic E-state index is 12.6. The van der Waals surface area contributed by atoms with E-state index in [2.05, 4.69) is 43.4 Å². The first kappa shape index (κ1) is 15.0. The van der Waals surface area contributed by atoms with Crippen LogP contribution in [0.4, 0.5) is 0 Å². The normalized spacial score (nSPS) is 21.1. The van der Waals surface area contributed by atoms with Gasteiger partial charge in [-0.15, -0.1) is 0 Å². The predicted octanol–water partition coefficient (Wildman–Crippen LogP) is 3.05. The van der Waals surface area contributed by atoms with E-state index >= 15 is 0 Å². The van der Waals surface area contributed by atoms with E-state index in [1.165, 1.54) is 24.0 Å². The summed E-state index contributed by atoms with van der Waals surface area (Å²) in [5.74, 6) is 0.222. The summed E-state index contributed by atoms with van der Waals surface area (Å²) in [6.07, 6.45) is 4.52. The highest BCUT2D eigenvalue weighted by molar-refractivity contribution is 5.82. The van der Waals surface area contributed by atoms with E-state index in [1.807, 2.05) is 11.9 Å². The van der Waals surface area contributed by atoms with E-state index in [0.29, 0.717) is 0 Å². The van der Waals surface area contributed by atoms with E-state index in [9.17, 15) is 4.79 Å². The molecule has 1 fully saturated rings. The Hall–Kier alpha value is -1.35. The van der Waals surface area contributed by atoms with Gasteiger partial charge in [0.15, 0.2) is 0 Å². The molecule has 0 aliphatic carbocycles. The lowest BCUT2D eigenvalue weighted by atomic mass is 10.0. The van der Waals surface area contributed by atoms with E-state index in [-0.39, 0.29) is 18.0 Å². The standard InChI is InChI=1S/C17H26N2O/c1-13-8-10-15(11-9-13)14(2)19(3)17(20)16-7-5-4-6-12-18-16/h8-11,14,16,18H,4-7,12H2,1-3H3. The Morgan fingerprint density at radius 2 is 1.95 bits per heavy atom. The number of carbonyl (C=O) groups is 1. The highest BCUT2D eigenvalue weighted by Crippen LogP contribution is 2.21. The van der Waals surface area contributed by atoms with Crippen LogP contribution in [0.2, 0.25) is 0 Å². The van der Waals surface area contributed by atoms with E-state index in [0.717, 1.165) is 19.4 Å². The van der Waals surface area contributed by atoms with E-state index in [1.54, 1.807) is 0 Å². The van der Waals surface area contributed by atoms with E-state index < -0.39 is 0 Å². The Morgan fingerprint density at radius 1 is 1.25 bits per heavy atom. The average molecular weight is 274 g/mol. The van der Waals surface area contributed by atoms with Gasteiger partial charge in [0, 0.05) is 7.05 Å². The molecule has 1 aromatic carbocycles. The molecule has 20 heavy (non-hydrogen) atoms. The van der Waals surface area contributed by atoms with Gasteiger partial charge in [0.1, 0.15) is 0 Å². The van der Waals surface area contributed by atoms with Crippen LogP contribution in [-0.4, -0.2) is 30.4 Å². The Morgan fingerprint density at radius 3 is 2.65 bits per heavy atom. The molecule has 2 rings (SSSR count). The minimum Gasteiger partial charge on any atom is -0.338 e. The van der Waals surface area contributed by atoms with Crippen LogP contribution in [-0.2, 0) is 4.79 Å². The van der Waals surface area contributed by atoms with Gasteiger partial charge in [0.2, 0.25) is 5.91 Å². The zero-order chi connectivity index (χ0) is 14.5. The zero-order valence-corrected chi connectivity index (χ0v) is 12.9. The second-order valence-electron chi connectivity index (χ2n) is 5.89. The first-order valence-electron chi connectivity index (χ1n) is 7.66. The molecule has 110 valence electrons. The first-order valence-corrected chi connectivity index (χ1v) is 7.66. The predicted molar refractivity (Wildman–Crippen MR) is 82.6 cm³/mol. The lowest BCUT2D eigenvalue weighted by molar-refractivity contribution is -0.134. The smallest absolute Gasteiger partial charge is 0.239 e. The third-order valence-corrected chi connectivity index (χ3v) is 4.35. The van der Waals surface area contributed by atoms with Crippen LogP contribution >= 0.6 is 0 Å². The summed E-state index contributed by atoms with van der Waals surface area (Å²) < 4.78 is 0. The maximum atomic E-state index is 12.6. The molecule has 1 amide bonds. The van der Waals surface area contributed by atoms with Gasteiger partial charge in [0.25, 0.3) is 0 Å². The minimum atomic E-state index is -0.00426. The van der Waals surface area contributed by atoms with Crippen molar-refractivity contribution >= 4 is 5.91 Å². The minimum absolute atomic E-state index is 0.00426. The number of carbonyl (C=O) groups excluding carboxylic acids is 1. The lowest BCUT2D eigenvalue weighted by Crippen LogP contribution is -2.45. The quantitative estimate of drug-likeness (QED) is 0.919. The molecule has 0 saturated carbocycles. The van der Waals surface area contributed by atoms with Crippen molar-refractivity contribution in [1.29, 1.82) is 0 Å².